The molecule has 0 aliphatic heterocycles. The van der Waals surface area contributed by atoms with Crippen LogP contribution in [0.5, 0.6) is 0 Å². The van der Waals surface area contributed by atoms with Crippen molar-refractivity contribution in [2.45, 2.75) is 6.92 Å². The highest BCUT2D eigenvalue weighted by atomic mass is 35.5. The predicted molar refractivity (Wildman–Crippen MR) is 124 cm³/mol. The molecule has 3 rings (SSSR count). The quantitative estimate of drug-likeness (QED) is 0.367. The van der Waals surface area contributed by atoms with Crippen LogP contribution in [0.15, 0.2) is 66.7 Å². The fourth-order valence-corrected chi connectivity index (χ4v) is 3.16. The first-order valence-electron chi connectivity index (χ1n) is 9.87. The van der Waals surface area contributed by atoms with E-state index in [9.17, 15) is 24.1 Å². The summed E-state index contributed by atoms with van der Waals surface area (Å²) in [6.07, 6.45) is 0. The molecule has 0 saturated heterocycles. The first-order chi connectivity index (χ1) is 15.7. The van der Waals surface area contributed by atoms with E-state index in [-0.39, 0.29) is 29.4 Å². The Balaban J connectivity index is 1.71. The Bertz CT molecular complexity index is 1170. The number of nitro benzene ring substituents is 1. The maximum absolute atomic E-state index is 13.4. The number of anilines is 2. The van der Waals surface area contributed by atoms with Crippen molar-refractivity contribution in [1.29, 1.82) is 0 Å². The zero-order chi connectivity index (χ0) is 24.0. The lowest BCUT2D eigenvalue weighted by Gasteiger charge is -2.23. The van der Waals surface area contributed by atoms with Crippen LogP contribution in [0.2, 0.25) is 5.02 Å². The Labute approximate surface area is 194 Å². The maximum Gasteiger partial charge on any atom is 0.326 e. The van der Waals surface area contributed by atoms with E-state index in [1.807, 2.05) is 19.1 Å². The number of amides is 3. The van der Waals surface area contributed by atoms with E-state index in [2.05, 4.69) is 10.6 Å². The van der Waals surface area contributed by atoms with Crippen molar-refractivity contribution in [3.05, 3.63) is 98.8 Å². The molecule has 3 aromatic carbocycles. The number of hydrogen-bond acceptors (Lipinski definition) is 4. The molecule has 0 bridgehead atoms. The second kappa shape index (κ2) is 10.6. The van der Waals surface area contributed by atoms with E-state index in [4.69, 9.17) is 11.6 Å². The summed E-state index contributed by atoms with van der Waals surface area (Å²) in [5.74, 6) is -1.01. The Morgan fingerprint density at radius 3 is 2.36 bits per heavy atom. The number of nitrogens with one attached hydrogen (secondary N) is 2. The molecule has 0 spiro atoms. The fraction of sp³-hybridized carbons (Fsp3) is 0.130. The Morgan fingerprint density at radius 2 is 1.73 bits per heavy atom. The van der Waals surface area contributed by atoms with E-state index in [0.29, 0.717) is 11.4 Å². The van der Waals surface area contributed by atoms with Crippen LogP contribution >= 0.6 is 11.6 Å². The molecular formula is C23H20ClFN4O4. The van der Waals surface area contributed by atoms with Crippen LogP contribution in [-0.2, 0) is 0 Å². The van der Waals surface area contributed by atoms with Gasteiger partial charge in [0.2, 0.25) is 0 Å². The molecular weight excluding hydrogens is 451 g/mol. The second-order valence-electron chi connectivity index (χ2n) is 7.10. The van der Waals surface area contributed by atoms with Crippen LogP contribution in [0.25, 0.3) is 0 Å². The Hall–Kier alpha value is -3.98. The molecule has 2 N–H and O–H groups in total. The van der Waals surface area contributed by atoms with Gasteiger partial charge in [-0.1, -0.05) is 29.3 Å². The summed E-state index contributed by atoms with van der Waals surface area (Å²) >= 11 is 5.78. The minimum atomic E-state index is -0.676. The van der Waals surface area contributed by atoms with Gasteiger partial charge in [-0.3, -0.25) is 19.8 Å². The number of carbonyl (C=O) groups excluding carboxylic acids is 2. The van der Waals surface area contributed by atoms with Crippen molar-refractivity contribution >= 4 is 40.6 Å². The molecule has 0 aliphatic rings. The third-order valence-electron chi connectivity index (χ3n) is 4.71. The number of nitrogens with zero attached hydrogens (tertiary/aromatic N) is 2. The predicted octanol–water partition coefficient (Wildman–Crippen LogP) is 5.16. The van der Waals surface area contributed by atoms with Crippen molar-refractivity contribution in [1.82, 2.24) is 5.32 Å². The zero-order valence-corrected chi connectivity index (χ0v) is 18.3. The topological polar surface area (TPSA) is 105 Å². The maximum atomic E-state index is 13.4. The Kier molecular flexibility index (Phi) is 7.57. The van der Waals surface area contributed by atoms with Crippen molar-refractivity contribution in [2.24, 2.45) is 0 Å². The summed E-state index contributed by atoms with van der Waals surface area (Å²) in [6.45, 7) is 2.02. The third kappa shape index (κ3) is 6.27. The number of halogens is 2. The van der Waals surface area contributed by atoms with Crippen LogP contribution in [0.3, 0.4) is 0 Å². The van der Waals surface area contributed by atoms with Gasteiger partial charge in [0, 0.05) is 36.1 Å². The lowest BCUT2D eigenvalue weighted by atomic mass is 10.2. The molecule has 0 saturated carbocycles. The second-order valence-corrected chi connectivity index (χ2v) is 7.51. The van der Waals surface area contributed by atoms with Gasteiger partial charge in [0.05, 0.1) is 4.92 Å². The summed E-state index contributed by atoms with van der Waals surface area (Å²) in [5.41, 5.74) is 1.72. The summed E-state index contributed by atoms with van der Waals surface area (Å²) in [7, 11) is 0. The number of hydrogen-bond donors (Lipinski definition) is 2. The lowest BCUT2D eigenvalue weighted by molar-refractivity contribution is -0.384. The zero-order valence-electron chi connectivity index (χ0n) is 17.5. The summed E-state index contributed by atoms with van der Waals surface area (Å²) in [5, 5.41) is 16.4. The van der Waals surface area contributed by atoms with Gasteiger partial charge in [0.1, 0.15) is 10.8 Å². The van der Waals surface area contributed by atoms with E-state index in [1.165, 1.54) is 41.3 Å². The average Bonchev–Trinajstić information content (AvgIpc) is 2.79. The highest BCUT2D eigenvalue weighted by Gasteiger charge is 2.19. The van der Waals surface area contributed by atoms with Crippen LogP contribution in [0.4, 0.5) is 26.2 Å². The first kappa shape index (κ1) is 23.7. The molecule has 0 atom stereocenters. The van der Waals surface area contributed by atoms with Crippen LogP contribution in [0, 0.1) is 22.9 Å². The highest BCUT2D eigenvalue weighted by molar-refractivity contribution is 6.32. The monoisotopic (exact) mass is 470 g/mol. The van der Waals surface area contributed by atoms with Gasteiger partial charge in [0.25, 0.3) is 11.6 Å². The summed E-state index contributed by atoms with van der Waals surface area (Å²) in [4.78, 5) is 37.1. The van der Waals surface area contributed by atoms with Crippen LogP contribution in [0.1, 0.15) is 15.9 Å². The van der Waals surface area contributed by atoms with Gasteiger partial charge in [-0.15, -0.1) is 0 Å². The van der Waals surface area contributed by atoms with Gasteiger partial charge < -0.3 is 10.6 Å². The lowest BCUT2D eigenvalue weighted by Crippen LogP contribution is -2.41. The summed E-state index contributed by atoms with van der Waals surface area (Å²) in [6, 6.07) is 15.8. The Morgan fingerprint density at radius 1 is 1.06 bits per heavy atom. The molecule has 0 unspecified atom stereocenters. The minimum absolute atomic E-state index is 0.0357. The van der Waals surface area contributed by atoms with Crippen molar-refractivity contribution in [3.63, 3.8) is 0 Å². The highest BCUT2D eigenvalue weighted by Crippen LogP contribution is 2.25. The van der Waals surface area contributed by atoms with Crippen LogP contribution in [-0.4, -0.2) is 30.0 Å². The van der Waals surface area contributed by atoms with Gasteiger partial charge in [-0.25, -0.2) is 9.18 Å². The first-order valence-corrected chi connectivity index (χ1v) is 10.3. The summed E-state index contributed by atoms with van der Waals surface area (Å²) < 4.78 is 13.4. The fourth-order valence-electron chi connectivity index (χ4n) is 2.97. The normalized spacial score (nSPS) is 10.4. The van der Waals surface area contributed by atoms with Crippen LogP contribution < -0.4 is 15.5 Å². The number of urea groups is 1. The molecule has 0 radical (unpaired) electrons. The van der Waals surface area contributed by atoms with E-state index >= 15 is 0 Å². The van der Waals surface area contributed by atoms with E-state index in [0.717, 1.165) is 11.6 Å². The molecule has 3 amide bonds. The number of aryl methyl sites for hydroxylation is 1. The third-order valence-corrected chi connectivity index (χ3v) is 5.03. The molecule has 3 aromatic rings. The largest absolute Gasteiger partial charge is 0.350 e. The molecule has 0 aliphatic carbocycles. The molecule has 0 fully saturated rings. The molecule has 10 heteroatoms. The molecule has 33 heavy (non-hydrogen) atoms. The van der Waals surface area contributed by atoms with Gasteiger partial charge in [-0.05, 0) is 55.5 Å². The SMILES string of the molecule is Cc1ccc(NC(=O)N(CCNC(=O)c2ccc(Cl)c([N+](=O)[O-])c2)c2ccc(F)cc2)cc1. The molecule has 170 valence electrons. The molecule has 8 nitrogen and oxygen atoms in total. The standard InChI is InChI=1S/C23H20ClFN4O4/c1-15-2-7-18(8-3-15)27-23(31)28(19-9-5-17(25)6-10-19)13-12-26-22(30)16-4-11-20(24)21(14-16)29(32)33/h2-11,14H,12-13H2,1H3,(H,26,30)(H,27,31). The van der Waals surface area contributed by atoms with Gasteiger partial charge >= 0.3 is 6.03 Å². The van der Waals surface area contributed by atoms with Crippen molar-refractivity contribution in [2.75, 3.05) is 23.3 Å². The van der Waals surface area contributed by atoms with E-state index < -0.39 is 22.7 Å². The number of benzene rings is 3. The van der Waals surface area contributed by atoms with E-state index in [1.54, 1.807) is 12.1 Å². The average molecular weight is 471 g/mol. The number of rotatable bonds is 7. The smallest absolute Gasteiger partial charge is 0.326 e. The molecule has 0 heterocycles. The number of nitro groups is 1. The number of carbonyl (C=O) groups is 2. The minimum Gasteiger partial charge on any atom is -0.350 e. The van der Waals surface area contributed by atoms with Crippen molar-refractivity contribution in [3.8, 4) is 0 Å². The molecule has 0 aromatic heterocycles. The van der Waals surface area contributed by atoms with Gasteiger partial charge in [0.15, 0.2) is 0 Å². The van der Waals surface area contributed by atoms with Crippen molar-refractivity contribution < 1.29 is 18.9 Å². The van der Waals surface area contributed by atoms with Gasteiger partial charge in [-0.2, -0.15) is 0 Å².